The van der Waals surface area contributed by atoms with Crippen LogP contribution < -0.4 is 5.32 Å². The van der Waals surface area contributed by atoms with E-state index in [1.54, 1.807) is 12.1 Å². The normalized spacial score (nSPS) is 12.4. The summed E-state index contributed by atoms with van der Waals surface area (Å²) in [4.78, 5) is 0. The van der Waals surface area contributed by atoms with E-state index in [-0.39, 0.29) is 12.2 Å². The van der Waals surface area contributed by atoms with Gasteiger partial charge in [-0.15, -0.1) is 0 Å². The average molecular weight is 277 g/mol. The van der Waals surface area contributed by atoms with Crippen molar-refractivity contribution in [2.24, 2.45) is 0 Å². The maximum absolute atomic E-state index is 12.7. The molecule has 0 saturated heterocycles. The zero-order valence-corrected chi connectivity index (χ0v) is 11.2. The Bertz CT molecular complexity index is 572. The molecule has 1 atom stereocenters. The van der Waals surface area contributed by atoms with E-state index in [2.05, 4.69) is 5.32 Å². The van der Waals surface area contributed by atoms with Crippen molar-refractivity contribution in [1.82, 2.24) is 0 Å². The number of nitrogens with one attached hydrogen (secondary N) is 1. The molecule has 2 aromatic carbocycles. The predicted octanol–water partition coefficient (Wildman–Crippen LogP) is 4.08. The van der Waals surface area contributed by atoms with Crippen LogP contribution in [0.5, 0.6) is 0 Å². The second-order valence-electron chi connectivity index (χ2n) is 4.67. The molecule has 1 unspecified atom stereocenters. The SMILES string of the molecule is Cc1ccccc1NC(CO)c1cccc(C(F)F)c1. The van der Waals surface area contributed by atoms with Crippen LogP contribution in [0.15, 0.2) is 48.5 Å². The Balaban J connectivity index is 2.24. The van der Waals surface area contributed by atoms with Gasteiger partial charge in [0.25, 0.3) is 6.43 Å². The van der Waals surface area contributed by atoms with Crippen LogP contribution in [0.25, 0.3) is 0 Å². The van der Waals surface area contributed by atoms with E-state index >= 15 is 0 Å². The number of benzene rings is 2. The third-order valence-electron chi connectivity index (χ3n) is 3.22. The number of alkyl halides is 2. The first kappa shape index (κ1) is 14.5. The van der Waals surface area contributed by atoms with Crippen molar-refractivity contribution in [2.75, 3.05) is 11.9 Å². The molecule has 0 aliphatic carbocycles. The minimum atomic E-state index is -2.51. The van der Waals surface area contributed by atoms with Crippen molar-refractivity contribution in [2.45, 2.75) is 19.4 Å². The Kier molecular flexibility index (Phi) is 4.69. The maximum Gasteiger partial charge on any atom is 0.263 e. The van der Waals surface area contributed by atoms with Gasteiger partial charge in [-0.25, -0.2) is 8.78 Å². The van der Waals surface area contributed by atoms with E-state index < -0.39 is 12.5 Å². The first-order chi connectivity index (χ1) is 9.61. The largest absolute Gasteiger partial charge is 0.394 e. The van der Waals surface area contributed by atoms with Gasteiger partial charge in [0.1, 0.15) is 0 Å². The quantitative estimate of drug-likeness (QED) is 0.863. The summed E-state index contributed by atoms with van der Waals surface area (Å²) >= 11 is 0. The van der Waals surface area contributed by atoms with Crippen molar-refractivity contribution >= 4 is 5.69 Å². The minimum Gasteiger partial charge on any atom is -0.394 e. The summed E-state index contributed by atoms with van der Waals surface area (Å²) in [5, 5.41) is 12.7. The zero-order chi connectivity index (χ0) is 14.5. The molecule has 2 nitrogen and oxygen atoms in total. The number of aryl methyl sites for hydroxylation is 1. The lowest BCUT2D eigenvalue weighted by Crippen LogP contribution is -2.15. The summed E-state index contributed by atoms with van der Waals surface area (Å²) in [5.74, 6) is 0. The van der Waals surface area contributed by atoms with Crippen molar-refractivity contribution in [3.05, 3.63) is 65.2 Å². The van der Waals surface area contributed by atoms with Gasteiger partial charge in [-0.2, -0.15) is 0 Å². The zero-order valence-electron chi connectivity index (χ0n) is 11.2. The van der Waals surface area contributed by atoms with Crippen LogP contribution in [0.1, 0.15) is 29.2 Å². The molecule has 0 saturated carbocycles. The molecular weight excluding hydrogens is 260 g/mol. The number of anilines is 1. The summed E-state index contributed by atoms with van der Waals surface area (Å²) < 4.78 is 25.4. The van der Waals surface area contributed by atoms with E-state index in [0.717, 1.165) is 11.3 Å². The van der Waals surface area contributed by atoms with Crippen molar-refractivity contribution in [3.8, 4) is 0 Å². The topological polar surface area (TPSA) is 32.3 Å². The van der Waals surface area contributed by atoms with Gasteiger partial charge >= 0.3 is 0 Å². The highest BCUT2D eigenvalue weighted by Gasteiger charge is 2.14. The minimum absolute atomic E-state index is 0.0347. The van der Waals surface area contributed by atoms with Crippen LogP contribution in [0, 0.1) is 6.92 Å². The third kappa shape index (κ3) is 3.33. The number of rotatable bonds is 5. The first-order valence-electron chi connectivity index (χ1n) is 6.43. The number of hydrogen-bond acceptors (Lipinski definition) is 2. The number of halogens is 2. The van der Waals surface area contributed by atoms with Gasteiger partial charge in [-0.1, -0.05) is 36.4 Å². The summed E-state index contributed by atoms with van der Waals surface area (Å²) in [5.41, 5.74) is 2.53. The third-order valence-corrected chi connectivity index (χ3v) is 3.22. The van der Waals surface area contributed by atoms with Crippen molar-refractivity contribution in [3.63, 3.8) is 0 Å². The highest BCUT2D eigenvalue weighted by atomic mass is 19.3. The smallest absolute Gasteiger partial charge is 0.263 e. The van der Waals surface area contributed by atoms with Crippen LogP contribution in [0.4, 0.5) is 14.5 Å². The number of aliphatic hydroxyl groups excluding tert-OH is 1. The molecule has 0 aliphatic heterocycles. The summed E-state index contributed by atoms with van der Waals surface area (Å²) in [6.45, 7) is 1.79. The molecule has 0 spiro atoms. The molecule has 2 N–H and O–H groups in total. The average Bonchev–Trinajstić information content (AvgIpc) is 2.46. The number of hydrogen-bond donors (Lipinski definition) is 2. The molecule has 0 bridgehead atoms. The van der Waals surface area contributed by atoms with Crippen molar-refractivity contribution < 1.29 is 13.9 Å². The second kappa shape index (κ2) is 6.48. The highest BCUT2D eigenvalue weighted by molar-refractivity contribution is 5.52. The molecule has 0 aliphatic rings. The summed E-state index contributed by atoms with van der Waals surface area (Å²) in [6, 6.07) is 13.4. The van der Waals surface area contributed by atoms with Crippen LogP contribution in [0.3, 0.4) is 0 Å². The molecule has 106 valence electrons. The lowest BCUT2D eigenvalue weighted by Gasteiger charge is -2.20. The van der Waals surface area contributed by atoms with E-state index in [4.69, 9.17) is 0 Å². The van der Waals surface area contributed by atoms with E-state index in [1.807, 2.05) is 31.2 Å². The van der Waals surface area contributed by atoms with Gasteiger partial charge < -0.3 is 10.4 Å². The van der Waals surface area contributed by atoms with Gasteiger partial charge in [0.05, 0.1) is 12.6 Å². The molecule has 20 heavy (non-hydrogen) atoms. The lowest BCUT2D eigenvalue weighted by atomic mass is 10.0. The van der Waals surface area contributed by atoms with Crippen LogP contribution in [0.2, 0.25) is 0 Å². The Morgan fingerprint density at radius 3 is 2.40 bits per heavy atom. The van der Waals surface area contributed by atoms with Gasteiger partial charge in [0.15, 0.2) is 0 Å². The van der Waals surface area contributed by atoms with E-state index in [9.17, 15) is 13.9 Å². The molecule has 0 radical (unpaired) electrons. The Morgan fingerprint density at radius 1 is 1.05 bits per heavy atom. The first-order valence-corrected chi connectivity index (χ1v) is 6.43. The lowest BCUT2D eigenvalue weighted by molar-refractivity contribution is 0.151. The fourth-order valence-corrected chi connectivity index (χ4v) is 2.07. The Labute approximate surface area is 117 Å². The monoisotopic (exact) mass is 277 g/mol. The second-order valence-corrected chi connectivity index (χ2v) is 4.67. The summed E-state index contributed by atoms with van der Waals surface area (Å²) in [6.07, 6.45) is -2.51. The molecule has 0 heterocycles. The molecular formula is C16H17F2NO. The predicted molar refractivity (Wildman–Crippen MR) is 76.0 cm³/mol. The molecule has 2 aromatic rings. The Hall–Kier alpha value is -1.94. The number of para-hydroxylation sites is 1. The maximum atomic E-state index is 12.7. The molecule has 2 rings (SSSR count). The molecule has 0 aromatic heterocycles. The summed E-state index contributed by atoms with van der Waals surface area (Å²) in [7, 11) is 0. The van der Waals surface area contributed by atoms with E-state index in [1.165, 1.54) is 12.1 Å². The van der Waals surface area contributed by atoms with Crippen molar-refractivity contribution in [1.29, 1.82) is 0 Å². The fraction of sp³-hybridized carbons (Fsp3) is 0.250. The van der Waals surface area contributed by atoms with Gasteiger partial charge in [-0.05, 0) is 30.2 Å². The highest BCUT2D eigenvalue weighted by Crippen LogP contribution is 2.25. The van der Waals surface area contributed by atoms with E-state index in [0.29, 0.717) is 5.56 Å². The molecule has 4 heteroatoms. The van der Waals surface area contributed by atoms with Gasteiger partial charge in [0.2, 0.25) is 0 Å². The Morgan fingerprint density at radius 2 is 1.75 bits per heavy atom. The van der Waals surface area contributed by atoms with Gasteiger partial charge in [0, 0.05) is 11.3 Å². The van der Waals surface area contributed by atoms with Crippen LogP contribution >= 0.6 is 0 Å². The number of aliphatic hydroxyl groups is 1. The molecule has 0 fully saturated rings. The van der Waals surface area contributed by atoms with Crippen LogP contribution in [-0.2, 0) is 0 Å². The van der Waals surface area contributed by atoms with Gasteiger partial charge in [-0.3, -0.25) is 0 Å². The standard InChI is InChI=1S/C16H17F2NO/c1-11-5-2-3-8-14(11)19-15(10-20)12-6-4-7-13(9-12)16(17)18/h2-9,15-16,19-20H,10H2,1H3. The fourth-order valence-electron chi connectivity index (χ4n) is 2.07. The van der Waals surface area contributed by atoms with Crippen LogP contribution in [-0.4, -0.2) is 11.7 Å². The molecule has 0 amide bonds.